The van der Waals surface area contributed by atoms with Crippen molar-refractivity contribution >= 4 is 34.9 Å². The second kappa shape index (κ2) is 5.83. The SMILES string of the molecule is C1=CSCS1.Nc1ccc(N)cc1. The number of anilines is 2. The monoisotopic (exact) mass is 212 g/mol. The van der Waals surface area contributed by atoms with Crippen molar-refractivity contribution in [1.29, 1.82) is 0 Å². The highest BCUT2D eigenvalue weighted by Gasteiger charge is 1.85. The molecule has 0 saturated carbocycles. The summed E-state index contributed by atoms with van der Waals surface area (Å²) in [5, 5.41) is 5.45. The second-order valence-corrected chi connectivity index (χ2v) is 4.54. The summed E-state index contributed by atoms with van der Waals surface area (Å²) in [6, 6.07) is 7.09. The second-order valence-electron chi connectivity index (χ2n) is 2.39. The van der Waals surface area contributed by atoms with Crippen LogP contribution in [0.1, 0.15) is 0 Å². The van der Waals surface area contributed by atoms with E-state index in [9.17, 15) is 0 Å². The van der Waals surface area contributed by atoms with E-state index >= 15 is 0 Å². The lowest BCUT2D eigenvalue weighted by Gasteiger charge is -1.90. The fourth-order valence-corrected chi connectivity index (χ4v) is 2.26. The molecule has 0 unspecified atom stereocenters. The lowest BCUT2D eigenvalue weighted by Crippen LogP contribution is -1.86. The molecule has 0 spiro atoms. The van der Waals surface area contributed by atoms with Gasteiger partial charge in [-0.2, -0.15) is 0 Å². The van der Waals surface area contributed by atoms with Gasteiger partial charge >= 0.3 is 0 Å². The Hall–Kier alpha value is -0.740. The highest BCUT2D eigenvalue weighted by Crippen LogP contribution is 2.22. The standard InChI is InChI=1S/C6H8N2.C3H4S2/c7-5-1-2-6(8)4-3-5;1-2-5-3-4-1/h1-4H,7-8H2;1-2H,3H2. The summed E-state index contributed by atoms with van der Waals surface area (Å²) in [4.78, 5) is 0. The Morgan fingerprint density at radius 1 is 0.846 bits per heavy atom. The van der Waals surface area contributed by atoms with Crippen LogP contribution in [0.15, 0.2) is 35.1 Å². The van der Waals surface area contributed by atoms with Gasteiger partial charge in [-0.25, -0.2) is 0 Å². The molecule has 70 valence electrons. The highest BCUT2D eigenvalue weighted by molar-refractivity contribution is 8.21. The Balaban J connectivity index is 0.000000145. The topological polar surface area (TPSA) is 52.0 Å². The Kier molecular flexibility index (Phi) is 4.64. The number of rotatable bonds is 0. The molecule has 0 radical (unpaired) electrons. The van der Waals surface area contributed by atoms with Gasteiger partial charge < -0.3 is 11.5 Å². The van der Waals surface area contributed by atoms with Crippen molar-refractivity contribution in [3.63, 3.8) is 0 Å². The summed E-state index contributed by atoms with van der Waals surface area (Å²) >= 11 is 3.71. The van der Waals surface area contributed by atoms with Crippen LogP contribution in [0.5, 0.6) is 0 Å². The molecule has 0 aliphatic carbocycles. The molecule has 1 heterocycles. The molecule has 0 saturated heterocycles. The van der Waals surface area contributed by atoms with Gasteiger partial charge in [-0.3, -0.25) is 0 Å². The number of hydrogen-bond donors (Lipinski definition) is 2. The van der Waals surface area contributed by atoms with Crippen LogP contribution in [0.25, 0.3) is 0 Å². The number of hydrogen-bond acceptors (Lipinski definition) is 4. The van der Waals surface area contributed by atoms with E-state index in [1.807, 2.05) is 23.5 Å². The third kappa shape index (κ3) is 4.75. The van der Waals surface area contributed by atoms with Gasteiger partial charge in [0.15, 0.2) is 0 Å². The maximum atomic E-state index is 5.37. The Morgan fingerprint density at radius 2 is 1.23 bits per heavy atom. The maximum Gasteiger partial charge on any atom is 0.0475 e. The van der Waals surface area contributed by atoms with E-state index in [0.717, 1.165) is 11.4 Å². The van der Waals surface area contributed by atoms with Crippen molar-refractivity contribution in [2.45, 2.75) is 0 Å². The minimum absolute atomic E-state index is 0.749. The molecule has 4 heteroatoms. The first-order valence-electron chi connectivity index (χ1n) is 3.78. The molecule has 2 nitrogen and oxygen atoms in total. The molecule has 1 aromatic carbocycles. The summed E-state index contributed by atoms with van der Waals surface area (Å²) in [5.41, 5.74) is 12.2. The van der Waals surface area contributed by atoms with Crippen molar-refractivity contribution in [3.8, 4) is 0 Å². The van der Waals surface area contributed by atoms with Gasteiger partial charge in [-0.15, -0.1) is 23.5 Å². The summed E-state index contributed by atoms with van der Waals surface area (Å²) < 4.78 is 0. The highest BCUT2D eigenvalue weighted by atomic mass is 32.2. The van der Waals surface area contributed by atoms with Crippen LogP contribution in [0.2, 0.25) is 0 Å². The van der Waals surface area contributed by atoms with Gasteiger partial charge in [0.05, 0.1) is 0 Å². The molecule has 0 bridgehead atoms. The Morgan fingerprint density at radius 3 is 1.46 bits per heavy atom. The molecule has 1 aliphatic heterocycles. The average Bonchev–Trinajstić information content (AvgIpc) is 2.68. The minimum atomic E-state index is 0.749. The molecule has 0 amide bonds. The summed E-state index contributed by atoms with van der Waals surface area (Å²) in [5.74, 6) is 0. The zero-order valence-electron chi connectivity index (χ0n) is 7.14. The van der Waals surface area contributed by atoms with Crippen molar-refractivity contribution in [3.05, 3.63) is 35.1 Å². The molecule has 0 fully saturated rings. The quantitative estimate of drug-likeness (QED) is 0.649. The van der Waals surface area contributed by atoms with Crippen molar-refractivity contribution in [1.82, 2.24) is 0 Å². The first kappa shape index (κ1) is 10.3. The van der Waals surface area contributed by atoms with Gasteiger partial charge in [0, 0.05) is 16.5 Å². The average molecular weight is 212 g/mol. The smallest absolute Gasteiger partial charge is 0.0475 e. The van der Waals surface area contributed by atoms with E-state index < -0.39 is 0 Å². The lowest BCUT2D eigenvalue weighted by atomic mass is 10.3. The molecule has 13 heavy (non-hydrogen) atoms. The fraction of sp³-hybridized carbons (Fsp3) is 0.111. The van der Waals surface area contributed by atoms with Crippen LogP contribution in [-0.2, 0) is 0 Å². The fourth-order valence-electron chi connectivity index (χ4n) is 0.692. The van der Waals surface area contributed by atoms with E-state index in [1.54, 1.807) is 24.3 Å². The normalized spacial score (nSPS) is 13.5. The van der Waals surface area contributed by atoms with Crippen LogP contribution < -0.4 is 11.5 Å². The van der Waals surface area contributed by atoms with Gasteiger partial charge in [-0.05, 0) is 35.1 Å². The van der Waals surface area contributed by atoms with E-state index in [1.165, 1.54) is 5.08 Å². The van der Waals surface area contributed by atoms with Crippen LogP contribution >= 0.6 is 23.5 Å². The first-order valence-corrected chi connectivity index (χ1v) is 5.88. The van der Waals surface area contributed by atoms with E-state index in [-0.39, 0.29) is 0 Å². The van der Waals surface area contributed by atoms with Crippen molar-refractivity contribution in [2.24, 2.45) is 0 Å². The third-order valence-corrected chi connectivity index (χ3v) is 3.24. The molecular weight excluding hydrogens is 200 g/mol. The largest absolute Gasteiger partial charge is 0.399 e. The van der Waals surface area contributed by atoms with Gasteiger partial charge in [0.1, 0.15) is 0 Å². The Bertz CT molecular complexity index is 242. The molecule has 2 rings (SSSR count). The third-order valence-electron chi connectivity index (χ3n) is 1.32. The summed E-state index contributed by atoms with van der Waals surface area (Å²) in [7, 11) is 0. The van der Waals surface area contributed by atoms with Crippen molar-refractivity contribution < 1.29 is 0 Å². The molecule has 1 aliphatic rings. The van der Waals surface area contributed by atoms with Gasteiger partial charge in [0.25, 0.3) is 0 Å². The van der Waals surface area contributed by atoms with E-state index in [2.05, 4.69) is 10.8 Å². The Labute approximate surface area is 86.8 Å². The number of benzene rings is 1. The molecule has 0 atom stereocenters. The zero-order valence-corrected chi connectivity index (χ0v) is 8.78. The number of nitrogen functional groups attached to an aromatic ring is 2. The number of thioether (sulfide) groups is 2. The molecule has 4 N–H and O–H groups in total. The van der Waals surface area contributed by atoms with Crippen LogP contribution in [0, 0.1) is 0 Å². The predicted octanol–water partition coefficient (Wildman–Crippen LogP) is 2.75. The van der Waals surface area contributed by atoms with Gasteiger partial charge in [-0.1, -0.05) is 0 Å². The zero-order chi connectivity index (χ0) is 9.52. The molecule has 1 aromatic rings. The van der Waals surface area contributed by atoms with Gasteiger partial charge in [0.2, 0.25) is 0 Å². The van der Waals surface area contributed by atoms with Crippen LogP contribution in [0.3, 0.4) is 0 Å². The summed E-state index contributed by atoms with van der Waals surface area (Å²) in [6.07, 6.45) is 0. The van der Waals surface area contributed by atoms with E-state index in [0.29, 0.717) is 0 Å². The predicted molar refractivity (Wildman–Crippen MR) is 64.5 cm³/mol. The molecular formula is C9H12N2S2. The lowest BCUT2D eigenvalue weighted by molar-refractivity contribution is 1.67. The van der Waals surface area contributed by atoms with Crippen LogP contribution in [0.4, 0.5) is 11.4 Å². The van der Waals surface area contributed by atoms with Crippen molar-refractivity contribution in [2.75, 3.05) is 16.6 Å². The molecule has 0 aromatic heterocycles. The summed E-state index contributed by atoms with van der Waals surface area (Å²) in [6.45, 7) is 0. The number of nitrogens with two attached hydrogens (primary N) is 2. The maximum absolute atomic E-state index is 5.37. The first-order chi connectivity index (χ1) is 6.29. The minimum Gasteiger partial charge on any atom is -0.399 e. The van der Waals surface area contributed by atoms with E-state index in [4.69, 9.17) is 11.5 Å². The van der Waals surface area contributed by atoms with Crippen LogP contribution in [-0.4, -0.2) is 5.08 Å².